The molecular formula is C10H15NO2. The zero-order valence-electron chi connectivity index (χ0n) is 8.24. The molecule has 1 rings (SSSR count). The summed E-state index contributed by atoms with van der Waals surface area (Å²) in [7, 11) is 3.91. The molecule has 0 aromatic carbocycles. The predicted molar refractivity (Wildman–Crippen MR) is 51.6 cm³/mol. The second-order valence-corrected chi connectivity index (χ2v) is 3.76. The molecule has 3 nitrogen and oxygen atoms in total. The van der Waals surface area contributed by atoms with Crippen molar-refractivity contribution in [3.8, 4) is 0 Å². The molecule has 72 valence electrons. The van der Waals surface area contributed by atoms with Crippen LogP contribution >= 0.6 is 0 Å². The predicted octanol–water partition coefficient (Wildman–Crippen LogP) is 1.28. The van der Waals surface area contributed by atoms with Crippen molar-refractivity contribution < 1.29 is 9.90 Å². The number of hydrogen-bond acceptors (Lipinski definition) is 2. The van der Waals surface area contributed by atoms with Crippen molar-refractivity contribution in [2.75, 3.05) is 14.1 Å². The van der Waals surface area contributed by atoms with Crippen LogP contribution in [0.25, 0.3) is 0 Å². The van der Waals surface area contributed by atoms with E-state index in [0.29, 0.717) is 5.57 Å². The lowest BCUT2D eigenvalue weighted by atomic mass is 9.89. The van der Waals surface area contributed by atoms with Crippen LogP contribution in [0.2, 0.25) is 0 Å². The average Bonchev–Trinajstić information content (AvgIpc) is 2.04. The van der Waals surface area contributed by atoms with E-state index in [1.165, 1.54) is 0 Å². The molecule has 1 unspecified atom stereocenters. The minimum atomic E-state index is -0.857. The zero-order chi connectivity index (χ0) is 10.1. The fraction of sp³-hybridized carbons (Fsp3) is 0.500. The van der Waals surface area contributed by atoms with E-state index in [1.54, 1.807) is 12.2 Å². The van der Waals surface area contributed by atoms with E-state index >= 15 is 0 Å². The van der Waals surface area contributed by atoms with Gasteiger partial charge in [-0.25, -0.2) is 4.79 Å². The SMILES string of the molecule is CN(C)C1(C)C=C(C(=O)O)C=CC1. The topological polar surface area (TPSA) is 40.5 Å². The summed E-state index contributed by atoms with van der Waals surface area (Å²) in [5.41, 5.74) is 0.213. The van der Waals surface area contributed by atoms with Crippen LogP contribution in [0.15, 0.2) is 23.8 Å². The van der Waals surface area contributed by atoms with Gasteiger partial charge in [-0.15, -0.1) is 0 Å². The lowest BCUT2D eigenvalue weighted by Gasteiger charge is -2.34. The third-order valence-corrected chi connectivity index (χ3v) is 2.56. The summed E-state index contributed by atoms with van der Waals surface area (Å²) in [4.78, 5) is 12.8. The van der Waals surface area contributed by atoms with Gasteiger partial charge in [0, 0.05) is 5.54 Å². The van der Waals surface area contributed by atoms with Gasteiger partial charge in [0.15, 0.2) is 0 Å². The molecule has 3 heteroatoms. The van der Waals surface area contributed by atoms with E-state index in [9.17, 15) is 4.79 Å². The highest BCUT2D eigenvalue weighted by molar-refractivity contribution is 5.90. The minimum absolute atomic E-state index is 0.164. The molecule has 1 atom stereocenters. The summed E-state index contributed by atoms with van der Waals surface area (Å²) < 4.78 is 0. The molecule has 1 N–H and O–H groups in total. The van der Waals surface area contributed by atoms with Crippen LogP contribution in [0.4, 0.5) is 0 Å². The molecule has 1 aliphatic carbocycles. The molecule has 0 fully saturated rings. The van der Waals surface area contributed by atoms with E-state index in [0.717, 1.165) is 6.42 Å². The van der Waals surface area contributed by atoms with E-state index in [-0.39, 0.29) is 5.54 Å². The van der Waals surface area contributed by atoms with E-state index < -0.39 is 5.97 Å². The van der Waals surface area contributed by atoms with Crippen LogP contribution in [0, 0.1) is 0 Å². The van der Waals surface area contributed by atoms with E-state index in [2.05, 4.69) is 0 Å². The van der Waals surface area contributed by atoms with Gasteiger partial charge in [0.2, 0.25) is 0 Å². The monoisotopic (exact) mass is 181 g/mol. The molecule has 0 heterocycles. The zero-order valence-corrected chi connectivity index (χ0v) is 8.24. The highest BCUT2D eigenvalue weighted by Gasteiger charge is 2.26. The Bertz CT molecular complexity index is 279. The molecule has 0 aromatic rings. The largest absolute Gasteiger partial charge is 0.478 e. The van der Waals surface area contributed by atoms with Crippen molar-refractivity contribution in [3.63, 3.8) is 0 Å². The molecule has 0 radical (unpaired) electrons. The maximum atomic E-state index is 10.7. The Balaban J connectivity index is 2.96. The van der Waals surface area contributed by atoms with Crippen LogP contribution in [0.3, 0.4) is 0 Å². The van der Waals surface area contributed by atoms with Crippen molar-refractivity contribution in [1.82, 2.24) is 4.90 Å². The first kappa shape index (κ1) is 9.99. The summed E-state index contributed by atoms with van der Waals surface area (Å²) in [5.74, 6) is -0.857. The summed E-state index contributed by atoms with van der Waals surface area (Å²) in [5, 5.41) is 8.81. The summed E-state index contributed by atoms with van der Waals surface area (Å²) in [6.07, 6.45) is 6.23. The highest BCUT2D eigenvalue weighted by atomic mass is 16.4. The first-order chi connectivity index (χ1) is 5.96. The molecule has 0 aliphatic heterocycles. The van der Waals surface area contributed by atoms with Gasteiger partial charge < -0.3 is 10.0 Å². The average molecular weight is 181 g/mol. The maximum Gasteiger partial charge on any atom is 0.335 e. The fourth-order valence-corrected chi connectivity index (χ4v) is 1.31. The Hall–Kier alpha value is -1.09. The van der Waals surface area contributed by atoms with Gasteiger partial charge in [-0.3, -0.25) is 0 Å². The van der Waals surface area contributed by atoms with Crippen LogP contribution in [-0.2, 0) is 4.79 Å². The normalized spacial score (nSPS) is 27.5. The molecule has 0 spiro atoms. The van der Waals surface area contributed by atoms with Gasteiger partial charge in [0.05, 0.1) is 5.57 Å². The number of carboxylic acid groups (broad SMARTS) is 1. The molecule has 0 amide bonds. The Labute approximate surface area is 78.4 Å². The number of rotatable bonds is 2. The molecule has 0 saturated carbocycles. The van der Waals surface area contributed by atoms with Gasteiger partial charge in [-0.2, -0.15) is 0 Å². The molecule has 13 heavy (non-hydrogen) atoms. The molecule has 1 aliphatic rings. The third-order valence-electron chi connectivity index (χ3n) is 2.56. The number of hydrogen-bond donors (Lipinski definition) is 1. The molecule has 0 aromatic heterocycles. The fourth-order valence-electron chi connectivity index (χ4n) is 1.31. The first-order valence-electron chi connectivity index (χ1n) is 4.26. The van der Waals surface area contributed by atoms with Crippen molar-refractivity contribution in [3.05, 3.63) is 23.8 Å². The maximum absolute atomic E-state index is 10.7. The standard InChI is InChI=1S/C10H15NO2/c1-10(11(2)3)6-4-5-8(7-10)9(12)13/h4-5,7H,6H2,1-3H3,(H,12,13). The number of nitrogens with zero attached hydrogens (tertiary/aromatic N) is 1. The number of carboxylic acids is 1. The number of aliphatic carboxylic acids is 1. The van der Waals surface area contributed by atoms with Crippen LogP contribution in [0.1, 0.15) is 13.3 Å². The van der Waals surface area contributed by atoms with Crippen molar-refractivity contribution in [1.29, 1.82) is 0 Å². The quantitative estimate of drug-likeness (QED) is 0.697. The van der Waals surface area contributed by atoms with Crippen LogP contribution < -0.4 is 0 Å². The van der Waals surface area contributed by atoms with Gasteiger partial charge in [0.1, 0.15) is 0 Å². The van der Waals surface area contributed by atoms with E-state index in [1.807, 2.05) is 32.0 Å². The first-order valence-corrected chi connectivity index (χ1v) is 4.26. The lowest BCUT2D eigenvalue weighted by molar-refractivity contribution is -0.132. The summed E-state index contributed by atoms with van der Waals surface area (Å²) >= 11 is 0. The van der Waals surface area contributed by atoms with Crippen molar-refractivity contribution in [2.24, 2.45) is 0 Å². The van der Waals surface area contributed by atoms with Gasteiger partial charge >= 0.3 is 5.97 Å². The Morgan fingerprint density at radius 1 is 1.62 bits per heavy atom. The number of carbonyl (C=O) groups is 1. The van der Waals surface area contributed by atoms with Crippen molar-refractivity contribution >= 4 is 5.97 Å². The minimum Gasteiger partial charge on any atom is -0.478 e. The Morgan fingerprint density at radius 3 is 2.69 bits per heavy atom. The highest BCUT2D eigenvalue weighted by Crippen LogP contribution is 2.25. The third kappa shape index (κ3) is 1.98. The van der Waals surface area contributed by atoms with Crippen molar-refractivity contribution in [2.45, 2.75) is 18.9 Å². The van der Waals surface area contributed by atoms with Gasteiger partial charge in [-0.1, -0.05) is 12.2 Å². The Morgan fingerprint density at radius 2 is 2.23 bits per heavy atom. The molecule has 0 saturated heterocycles. The van der Waals surface area contributed by atoms with E-state index in [4.69, 9.17) is 5.11 Å². The van der Waals surface area contributed by atoms with Crippen LogP contribution in [0.5, 0.6) is 0 Å². The second-order valence-electron chi connectivity index (χ2n) is 3.76. The van der Waals surface area contributed by atoms with Gasteiger partial charge in [-0.05, 0) is 33.5 Å². The molecule has 0 bridgehead atoms. The summed E-state index contributed by atoms with van der Waals surface area (Å²) in [6, 6.07) is 0. The van der Waals surface area contributed by atoms with Gasteiger partial charge in [0.25, 0.3) is 0 Å². The smallest absolute Gasteiger partial charge is 0.335 e. The number of likely N-dealkylation sites (N-methyl/N-ethyl adjacent to an activating group) is 1. The molecular weight excluding hydrogens is 166 g/mol. The summed E-state index contributed by atoms with van der Waals surface area (Å²) in [6.45, 7) is 2.03. The van der Waals surface area contributed by atoms with Crippen LogP contribution in [-0.4, -0.2) is 35.6 Å². The second kappa shape index (κ2) is 3.34. The Kier molecular flexibility index (Phi) is 2.57. The lowest BCUT2D eigenvalue weighted by Crippen LogP contribution is -2.40.